The van der Waals surface area contributed by atoms with Crippen LogP contribution in [0.1, 0.15) is 31.0 Å². The molecule has 0 amide bonds. The topological polar surface area (TPSA) is 43.8 Å². The van der Waals surface area contributed by atoms with Crippen molar-refractivity contribution in [3.05, 3.63) is 29.8 Å². The van der Waals surface area contributed by atoms with E-state index < -0.39 is 0 Å². The smallest absolute Gasteiger partial charge is 0.125 e. The molecule has 2 aromatic rings. The van der Waals surface area contributed by atoms with E-state index in [1.165, 1.54) is 12.1 Å². The van der Waals surface area contributed by atoms with Crippen LogP contribution in [0.5, 0.6) is 0 Å². The molecule has 0 bridgehead atoms. The first-order valence-electron chi connectivity index (χ1n) is 6.04. The second-order valence-electron chi connectivity index (χ2n) is 4.86. The largest absolute Gasteiger partial charge is 0.331 e. The van der Waals surface area contributed by atoms with Crippen LogP contribution in [0, 0.1) is 5.82 Å². The van der Waals surface area contributed by atoms with Gasteiger partial charge in [-0.15, -0.1) is 0 Å². The van der Waals surface area contributed by atoms with Crippen molar-refractivity contribution in [1.82, 2.24) is 9.55 Å². The molecule has 90 valence electrons. The molecule has 1 aromatic heterocycles. The third-order valence-corrected chi connectivity index (χ3v) is 3.78. The van der Waals surface area contributed by atoms with Gasteiger partial charge in [0.2, 0.25) is 0 Å². The summed E-state index contributed by atoms with van der Waals surface area (Å²) in [7, 11) is 1.94. The molecule has 0 spiro atoms. The number of aromatic nitrogens is 2. The average molecular weight is 233 g/mol. The van der Waals surface area contributed by atoms with Crippen molar-refractivity contribution in [2.45, 2.75) is 31.2 Å². The number of fused-ring (bicyclic) bond motifs is 1. The van der Waals surface area contributed by atoms with Gasteiger partial charge in [-0.25, -0.2) is 9.37 Å². The summed E-state index contributed by atoms with van der Waals surface area (Å²) in [5.74, 6) is 1.09. The van der Waals surface area contributed by atoms with Gasteiger partial charge in [-0.2, -0.15) is 0 Å². The molecule has 1 aromatic carbocycles. The van der Waals surface area contributed by atoms with Crippen LogP contribution in [-0.4, -0.2) is 15.6 Å². The Morgan fingerprint density at radius 2 is 2.24 bits per heavy atom. The quantitative estimate of drug-likeness (QED) is 0.821. The molecule has 2 N–H and O–H groups in total. The van der Waals surface area contributed by atoms with Gasteiger partial charge in [0.25, 0.3) is 0 Å². The zero-order chi connectivity index (χ0) is 12.0. The Bertz CT molecular complexity index is 561. The van der Waals surface area contributed by atoms with E-state index >= 15 is 0 Å². The predicted octanol–water partition coefficient (Wildman–Crippen LogP) is 2.31. The lowest BCUT2D eigenvalue weighted by atomic mass is 10.0. The van der Waals surface area contributed by atoms with Gasteiger partial charge in [0.15, 0.2) is 0 Å². The number of nitrogens with zero attached hydrogens (tertiary/aromatic N) is 2. The van der Waals surface area contributed by atoms with E-state index in [2.05, 4.69) is 4.98 Å². The third kappa shape index (κ3) is 1.63. The highest BCUT2D eigenvalue weighted by Crippen LogP contribution is 2.34. The van der Waals surface area contributed by atoms with Gasteiger partial charge in [0, 0.05) is 19.0 Å². The van der Waals surface area contributed by atoms with Crippen LogP contribution in [0.2, 0.25) is 0 Å². The first-order chi connectivity index (χ1) is 8.16. The molecular weight excluding hydrogens is 217 g/mol. The normalized spacial score (nSPS) is 24.6. The Hall–Kier alpha value is -1.42. The summed E-state index contributed by atoms with van der Waals surface area (Å²) in [6.45, 7) is 0. The van der Waals surface area contributed by atoms with Gasteiger partial charge in [0.05, 0.1) is 11.0 Å². The van der Waals surface area contributed by atoms with Gasteiger partial charge in [-0.05, 0) is 31.0 Å². The molecule has 0 saturated heterocycles. The molecule has 1 heterocycles. The lowest BCUT2D eigenvalue weighted by Crippen LogP contribution is -2.24. The Morgan fingerprint density at radius 1 is 1.41 bits per heavy atom. The first-order valence-corrected chi connectivity index (χ1v) is 6.04. The fourth-order valence-corrected chi connectivity index (χ4v) is 2.82. The van der Waals surface area contributed by atoms with Crippen molar-refractivity contribution >= 4 is 11.0 Å². The fraction of sp³-hybridized carbons (Fsp3) is 0.462. The second-order valence-corrected chi connectivity index (χ2v) is 4.86. The average Bonchev–Trinajstić information content (AvgIpc) is 2.84. The van der Waals surface area contributed by atoms with Crippen molar-refractivity contribution in [1.29, 1.82) is 0 Å². The maximum atomic E-state index is 13.2. The molecule has 17 heavy (non-hydrogen) atoms. The highest BCUT2D eigenvalue weighted by molar-refractivity contribution is 5.76. The Morgan fingerprint density at radius 3 is 2.94 bits per heavy atom. The molecular formula is C13H16FN3. The van der Waals surface area contributed by atoms with Crippen molar-refractivity contribution < 1.29 is 4.39 Å². The number of benzene rings is 1. The first kappa shape index (κ1) is 10.7. The molecule has 1 fully saturated rings. The number of hydrogen-bond donors (Lipinski definition) is 1. The highest BCUT2D eigenvalue weighted by atomic mass is 19.1. The fourth-order valence-electron chi connectivity index (χ4n) is 2.82. The molecule has 2 atom stereocenters. The maximum Gasteiger partial charge on any atom is 0.125 e. The third-order valence-electron chi connectivity index (χ3n) is 3.78. The van der Waals surface area contributed by atoms with Crippen LogP contribution < -0.4 is 5.73 Å². The minimum atomic E-state index is -0.220. The Kier molecular flexibility index (Phi) is 2.40. The summed E-state index contributed by atoms with van der Waals surface area (Å²) >= 11 is 0. The molecule has 1 aliphatic rings. The van der Waals surface area contributed by atoms with Crippen LogP contribution in [0.4, 0.5) is 4.39 Å². The molecule has 4 heteroatoms. The van der Waals surface area contributed by atoms with E-state index in [4.69, 9.17) is 5.73 Å². The zero-order valence-corrected chi connectivity index (χ0v) is 9.86. The number of imidazole rings is 1. The van der Waals surface area contributed by atoms with Crippen LogP contribution in [0.25, 0.3) is 11.0 Å². The minimum absolute atomic E-state index is 0.190. The van der Waals surface area contributed by atoms with Gasteiger partial charge in [-0.3, -0.25) is 0 Å². The summed E-state index contributed by atoms with van der Waals surface area (Å²) in [6, 6.07) is 4.91. The molecule has 2 unspecified atom stereocenters. The lowest BCUT2D eigenvalue weighted by Gasteiger charge is -2.14. The van der Waals surface area contributed by atoms with Gasteiger partial charge in [-0.1, -0.05) is 6.42 Å². The van der Waals surface area contributed by atoms with Gasteiger partial charge >= 0.3 is 0 Å². The number of halogens is 1. The Balaban J connectivity index is 2.14. The van der Waals surface area contributed by atoms with E-state index in [0.29, 0.717) is 5.92 Å². The number of rotatable bonds is 1. The van der Waals surface area contributed by atoms with Gasteiger partial charge < -0.3 is 10.3 Å². The number of aryl methyl sites for hydroxylation is 1. The van der Waals surface area contributed by atoms with E-state index in [1.807, 2.05) is 11.6 Å². The van der Waals surface area contributed by atoms with Crippen molar-refractivity contribution in [2.75, 3.05) is 0 Å². The summed E-state index contributed by atoms with van der Waals surface area (Å²) in [5, 5.41) is 0. The number of nitrogens with two attached hydrogens (primary N) is 1. The van der Waals surface area contributed by atoms with E-state index in [9.17, 15) is 4.39 Å². The number of hydrogen-bond acceptors (Lipinski definition) is 2. The predicted molar refractivity (Wildman–Crippen MR) is 65.2 cm³/mol. The summed E-state index contributed by atoms with van der Waals surface area (Å²) in [5.41, 5.74) is 7.80. The van der Waals surface area contributed by atoms with Gasteiger partial charge in [0.1, 0.15) is 11.6 Å². The van der Waals surface area contributed by atoms with Crippen molar-refractivity contribution in [3.63, 3.8) is 0 Å². The summed E-state index contributed by atoms with van der Waals surface area (Å²) in [6.07, 6.45) is 3.30. The van der Waals surface area contributed by atoms with Crippen LogP contribution in [0.3, 0.4) is 0 Å². The molecule has 3 nitrogen and oxygen atoms in total. The van der Waals surface area contributed by atoms with Crippen LogP contribution in [0.15, 0.2) is 18.2 Å². The Labute approximate surface area is 99.4 Å². The molecule has 0 radical (unpaired) electrons. The minimum Gasteiger partial charge on any atom is -0.331 e. The monoisotopic (exact) mass is 233 g/mol. The maximum absolute atomic E-state index is 13.2. The molecule has 0 aliphatic heterocycles. The van der Waals surface area contributed by atoms with E-state index in [-0.39, 0.29) is 11.9 Å². The zero-order valence-electron chi connectivity index (χ0n) is 9.86. The summed E-state index contributed by atoms with van der Waals surface area (Å²) < 4.78 is 15.2. The SMILES string of the molecule is Cn1c(C2CCCC2N)nc2ccc(F)cc21. The lowest BCUT2D eigenvalue weighted by molar-refractivity contribution is 0.565. The highest BCUT2D eigenvalue weighted by Gasteiger charge is 2.29. The second kappa shape index (κ2) is 3.81. The molecule has 1 aliphatic carbocycles. The van der Waals surface area contributed by atoms with E-state index in [0.717, 1.165) is 36.1 Å². The van der Waals surface area contributed by atoms with Crippen molar-refractivity contribution in [3.8, 4) is 0 Å². The van der Waals surface area contributed by atoms with E-state index in [1.54, 1.807) is 6.07 Å². The molecule has 3 rings (SSSR count). The summed E-state index contributed by atoms with van der Waals surface area (Å²) in [4.78, 5) is 4.60. The van der Waals surface area contributed by atoms with Crippen LogP contribution in [-0.2, 0) is 7.05 Å². The van der Waals surface area contributed by atoms with Crippen molar-refractivity contribution in [2.24, 2.45) is 12.8 Å². The van der Waals surface area contributed by atoms with Crippen LogP contribution >= 0.6 is 0 Å². The molecule has 1 saturated carbocycles. The standard InChI is InChI=1S/C13H16FN3/c1-17-12-7-8(14)5-6-11(12)16-13(17)9-3-2-4-10(9)15/h5-7,9-10H,2-4,15H2,1H3.